The van der Waals surface area contributed by atoms with Gasteiger partial charge in [0.25, 0.3) is 0 Å². The molecule has 2 aromatic carbocycles. The van der Waals surface area contributed by atoms with Gasteiger partial charge in [-0.25, -0.2) is 9.38 Å². The molecule has 0 aliphatic rings. The van der Waals surface area contributed by atoms with Crippen LogP contribution in [0.5, 0.6) is 0 Å². The van der Waals surface area contributed by atoms with Gasteiger partial charge in [0.05, 0.1) is 24.2 Å². The molecule has 0 spiro atoms. The van der Waals surface area contributed by atoms with E-state index in [9.17, 15) is 9.18 Å². The lowest BCUT2D eigenvalue weighted by molar-refractivity contribution is 0.103. The Balaban J connectivity index is 2.55. The summed E-state index contributed by atoms with van der Waals surface area (Å²) in [5, 5.41) is 0.350. The Morgan fingerprint density at radius 2 is 1.95 bits per heavy atom. The Bertz CT molecular complexity index is 726. The van der Waals surface area contributed by atoms with Crippen molar-refractivity contribution in [2.24, 2.45) is 4.99 Å². The summed E-state index contributed by atoms with van der Waals surface area (Å²) in [4.78, 5) is 16.7. The van der Waals surface area contributed by atoms with Gasteiger partial charge in [0.2, 0.25) is 5.90 Å². The highest BCUT2D eigenvalue weighted by atomic mass is 35.5. The van der Waals surface area contributed by atoms with E-state index in [0.29, 0.717) is 10.7 Å². The van der Waals surface area contributed by atoms with Crippen LogP contribution >= 0.6 is 23.2 Å². The number of alkyl halides is 1. The molecule has 114 valence electrons. The lowest BCUT2D eigenvalue weighted by Crippen LogP contribution is -2.06. The van der Waals surface area contributed by atoms with Crippen LogP contribution in [-0.4, -0.2) is 24.7 Å². The van der Waals surface area contributed by atoms with Gasteiger partial charge in [-0.15, -0.1) is 11.6 Å². The Morgan fingerprint density at radius 1 is 1.23 bits per heavy atom. The van der Waals surface area contributed by atoms with E-state index in [-0.39, 0.29) is 22.9 Å². The number of carbonyl (C=O) groups is 1. The number of hydrogen-bond donors (Lipinski definition) is 0. The second-order valence-electron chi connectivity index (χ2n) is 4.31. The largest absolute Gasteiger partial charge is 0.483 e. The fraction of sp³-hybridized carbons (Fsp3) is 0.125. The quantitative estimate of drug-likeness (QED) is 0.352. The number of aliphatic imine (C=N–C) groups is 1. The van der Waals surface area contributed by atoms with Crippen molar-refractivity contribution in [3.63, 3.8) is 0 Å². The summed E-state index contributed by atoms with van der Waals surface area (Å²) in [6.45, 7) is 0. The van der Waals surface area contributed by atoms with E-state index in [1.807, 2.05) is 0 Å². The van der Waals surface area contributed by atoms with Crippen LogP contribution in [-0.2, 0) is 4.74 Å². The summed E-state index contributed by atoms with van der Waals surface area (Å²) in [5.41, 5.74) is 0.443. The molecule has 22 heavy (non-hydrogen) atoms. The summed E-state index contributed by atoms with van der Waals surface area (Å²) in [7, 11) is 1.43. The van der Waals surface area contributed by atoms with Crippen LogP contribution in [0.25, 0.3) is 0 Å². The van der Waals surface area contributed by atoms with Gasteiger partial charge in [0.15, 0.2) is 5.78 Å². The second-order valence-corrected chi connectivity index (χ2v) is 5.02. The minimum Gasteiger partial charge on any atom is -0.483 e. The molecule has 0 unspecified atom stereocenters. The van der Waals surface area contributed by atoms with Crippen LogP contribution in [0.4, 0.5) is 10.1 Å². The van der Waals surface area contributed by atoms with E-state index in [0.717, 1.165) is 0 Å². The SMILES string of the molecule is COC(CCl)=Nc1ccc(Cl)cc1C(=O)c1ccccc1F. The molecule has 0 aromatic heterocycles. The average molecular weight is 340 g/mol. The zero-order valence-corrected chi connectivity index (χ0v) is 13.2. The summed E-state index contributed by atoms with van der Waals surface area (Å²) in [6, 6.07) is 10.3. The molecule has 0 bridgehead atoms. The number of benzene rings is 2. The van der Waals surface area contributed by atoms with Crippen molar-refractivity contribution in [2.45, 2.75) is 0 Å². The molecule has 0 saturated heterocycles. The minimum absolute atomic E-state index is 0.0481. The van der Waals surface area contributed by atoms with Gasteiger partial charge in [-0.1, -0.05) is 23.7 Å². The van der Waals surface area contributed by atoms with E-state index >= 15 is 0 Å². The van der Waals surface area contributed by atoms with E-state index in [1.165, 1.54) is 31.4 Å². The zero-order valence-electron chi connectivity index (χ0n) is 11.6. The van der Waals surface area contributed by atoms with Gasteiger partial charge in [-0.05, 0) is 30.3 Å². The molecule has 3 nitrogen and oxygen atoms in total. The van der Waals surface area contributed by atoms with E-state index in [4.69, 9.17) is 27.9 Å². The Hall–Kier alpha value is -1.91. The topological polar surface area (TPSA) is 38.7 Å². The Morgan fingerprint density at radius 3 is 2.59 bits per heavy atom. The van der Waals surface area contributed by atoms with E-state index in [1.54, 1.807) is 18.2 Å². The number of halogens is 3. The smallest absolute Gasteiger partial charge is 0.203 e. The maximum atomic E-state index is 13.8. The highest BCUT2D eigenvalue weighted by Crippen LogP contribution is 2.27. The van der Waals surface area contributed by atoms with Gasteiger partial charge >= 0.3 is 0 Å². The highest BCUT2D eigenvalue weighted by molar-refractivity contribution is 6.31. The van der Waals surface area contributed by atoms with Crippen molar-refractivity contribution >= 4 is 40.6 Å². The molecule has 0 amide bonds. The summed E-state index contributed by atoms with van der Waals surface area (Å²) in [5.74, 6) is -0.824. The number of hydrogen-bond acceptors (Lipinski definition) is 3. The van der Waals surface area contributed by atoms with Gasteiger partial charge in [0.1, 0.15) is 5.82 Å². The molecule has 0 radical (unpaired) electrons. The zero-order chi connectivity index (χ0) is 16.1. The van der Waals surface area contributed by atoms with E-state index in [2.05, 4.69) is 4.99 Å². The standard InChI is InChI=1S/C16H12Cl2FNO2/c1-22-15(9-17)20-14-7-6-10(18)8-12(14)16(21)11-4-2-3-5-13(11)19/h2-8H,9H2,1H3. The maximum Gasteiger partial charge on any atom is 0.203 e. The van der Waals surface area contributed by atoms with Crippen LogP contribution in [0.1, 0.15) is 15.9 Å². The average Bonchev–Trinajstić information content (AvgIpc) is 2.53. The van der Waals surface area contributed by atoms with Crippen LogP contribution in [0.15, 0.2) is 47.5 Å². The molecule has 0 aliphatic heterocycles. The van der Waals surface area contributed by atoms with Gasteiger partial charge in [0, 0.05) is 10.6 Å². The van der Waals surface area contributed by atoms with Crippen LogP contribution in [0.2, 0.25) is 5.02 Å². The molecule has 2 aromatic rings. The molecule has 2 rings (SSSR count). The monoisotopic (exact) mass is 339 g/mol. The van der Waals surface area contributed by atoms with Crippen molar-refractivity contribution in [3.05, 3.63) is 64.4 Å². The first-order valence-corrected chi connectivity index (χ1v) is 7.24. The third kappa shape index (κ3) is 3.64. The van der Waals surface area contributed by atoms with Gasteiger partial charge < -0.3 is 4.74 Å². The molecule has 0 N–H and O–H groups in total. The minimum atomic E-state index is -0.605. The predicted octanol–water partition coefficient (Wildman–Crippen LogP) is 4.63. The lowest BCUT2D eigenvalue weighted by Gasteiger charge is -2.08. The first-order chi connectivity index (χ1) is 10.6. The Kier molecular flexibility index (Phi) is 5.52. The number of methoxy groups -OCH3 is 1. The molecule has 0 heterocycles. The molecular weight excluding hydrogens is 328 g/mol. The molecule has 0 fully saturated rings. The molecule has 0 atom stereocenters. The molecule has 0 saturated carbocycles. The number of carbonyl (C=O) groups excluding carboxylic acids is 1. The predicted molar refractivity (Wildman–Crippen MR) is 86.1 cm³/mol. The summed E-state index contributed by atoms with van der Waals surface area (Å²) >= 11 is 11.6. The van der Waals surface area contributed by atoms with Gasteiger partial charge in [-0.3, -0.25) is 4.79 Å². The fourth-order valence-electron chi connectivity index (χ4n) is 1.84. The molecule has 0 aliphatic carbocycles. The van der Waals surface area contributed by atoms with Crippen LogP contribution < -0.4 is 0 Å². The first-order valence-electron chi connectivity index (χ1n) is 6.33. The third-order valence-electron chi connectivity index (χ3n) is 2.92. The summed E-state index contributed by atoms with van der Waals surface area (Å²) < 4.78 is 18.8. The van der Waals surface area contributed by atoms with Crippen molar-refractivity contribution in [2.75, 3.05) is 13.0 Å². The van der Waals surface area contributed by atoms with Crippen molar-refractivity contribution in [3.8, 4) is 0 Å². The van der Waals surface area contributed by atoms with E-state index < -0.39 is 11.6 Å². The first kappa shape index (κ1) is 16.5. The molecule has 6 heteroatoms. The van der Waals surface area contributed by atoms with Crippen molar-refractivity contribution < 1.29 is 13.9 Å². The van der Waals surface area contributed by atoms with Crippen LogP contribution in [0, 0.1) is 5.82 Å². The fourth-order valence-corrected chi connectivity index (χ4v) is 2.18. The molecular formula is C16H12Cl2FNO2. The van der Waals surface area contributed by atoms with Crippen molar-refractivity contribution in [1.29, 1.82) is 0 Å². The number of ketones is 1. The number of ether oxygens (including phenoxy) is 1. The summed E-state index contributed by atoms with van der Waals surface area (Å²) in [6.07, 6.45) is 0. The third-order valence-corrected chi connectivity index (χ3v) is 3.38. The number of nitrogens with zero attached hydrogens (tertiary/aromatic N) is 1. The lowest BCUT2D eigenvalue weighted by atomic mass is 10.0. The second kappa shape index (κ2) is 7.38. The highest BCUT2D eigenvalue weighted by Gasteiger charge is 2.18. The van der Waals surface area contributed by atoms with Crippen LogP contribution in [0.3, 0.4) is 0 Å². The van der Waals surface area contributed by atoms with Gasteiger partial charge in [-0.2, -0.15) is 0 Å². The van der Waals surface area contributed by atoms with Crippen molar-refractivity contribution in [1.82, 2.24) is 0 Å². The number of rotatable bonds is 4. The Labute approximate surface area is 137 Å². The normalized spacial score (nSPS) is 11.4. The maximum absolute atomic E-state index is 13.8.